The molecule has 1 aliphatic rings. The zero-order chi connectivity index (χ0) is 20.9. The van der Waals surface area contributed by atoms with Crippen molar-refractivity contribution in [2.75, 3.05) is 39.3 Å². The molecule has 0 aliphatic carbocycles. The molecule has 7 heteroatoms. The number of nitrogens with zero attached hydrogens (tertiary/aromatic N) is 2. The fraction of sp³-hybridized carbons (Fsp3) is 0.636. The third kappa shape index (κ3) is 8.73. The van der Waals surface area contributed by atoms with Gasteiger partial charge in [0.15, 0.2) is 12.6 Å². The number of likely N-dealkylation sites (tertiary alicyclic amines) is 1. The van der Waals surface area contributed by atoms with Gasteiger partial charge in [0.05, 0.1) is 6.54 Å². The molecule has 0 saturated carbocycles. The van der Waals surface area contributed by atoms with Gasteiger partial charge in [0.2, 0.25) is 0 Å². The minimum atomic E-state index is -0.473. The normalized spacial score (nSPS) is 17.7. The maximum absolute atomic E-state index is 10.8. The number of nitrogens with one attached hydrogen (secondary N) is 2. The van der Waals surface area contributed by atoms with Crippen molar-refractivity contribution in [1.82, 2.24) is 15.5 Å². The Kier molecular flexibility index (Phi) is 10.3. The highest BCUT2D eigenvalue weighted by molar-refractivity contribution is 5.79. The first-order chi connectivity index (χ1) is 14.1. The number of aliphatic imine (C=N–C) groups is 1. The molecule has 4 N–H and O–H groups in total. The number of carbonyl (C=O) groups excluding carboxylic acids is 1. The summed E-state index contributed by atoms with van der Waals surface area (Å²) in [6.45, 7) is 8.97. The van der Waals surface area contributed by atoms with E-state index in [9.17, 15) is 4.79 Å². The third-order valence-electron chi connectivity index (χ3n) is 5.23. The third-order valence-corrected chi connectivity index (χ3v) is 5.23. The van der Waals surface area contributed by atoms with Crippen LogP contribution >= 0.6 is 0 Å². The van der Waals surface area contributed by atoms with Crippen LogP contribution in [0.1, 0.15) is 45.1 Å². The lowest BCUT2D eigenvalue weighted by atomic mass is 10.0. The van der Waals surface area contributed by atoms with E-state index in [1.54, 1.807) is 0 Å². The first-order valence-corrected chi connectivity index (χ1v) is 10.9. The van der Waals surface area contributed by atoms with Gasteiger partial charge in [0.25, 0.3) is 5.91 Å². The molecule has 1 fully saturated rings. The van der Waals surface area contributed by atoms with Crippen molar-refractivity contribution in [3.05, 3.63) is 29.8 Å². The average molecular weight is 404 g/mol. The molecular formula is C22H37N5O2. The summed E-state index contributed by atoms with van der Waals surface area (Å²) in [6, 6.07) is 8.46. The lowest BCUT2D eigenvalue weighted by molar-refractivity contribution is -0.119. The Bertz CT molecular complexity index is 633. The van der Waals surface area contributed by atoms with E-state index in [0.29, 0.717) is 5.75 Å². The topological polar surface area (TPSA) is 92.0 Å². The summed E-state index contributed by atoms with van der Waals surface area (Å²) >= 11 is 0. The lowest BCUT2D eigenvalue weighted by Gasteiger charge is -2.34. The standard InChI is InChI=1S/C22H37N5O2/c1-3-19-7-5-6-15-27(19)16-14-26-22(24-4-2)25-13-12-18-8-10-20(11-9-18)29-17-21(23)28/h8-11,19H,3-7,12-17H2,1-2H3,(H2,23,28)(H2,24,25,26). The number of benzene rings is 1. The van der Waals surface area contributed by atoms with Gasteiger partial charge in [-0.1, -0.05) is 25.5 Å². The van der Waals surface area contributed by atoms with Crippen LogP contribution in [-0.4, -0.2) is 62.1 Å². The van der Waals surface area contributed by atoms with Crippen LogP contribution in [0.5, 0.6) is 5.75 Å². The minimum Gasteiger partial charge on any atom is -0.484 e. The van der Waals surface area contributed by atoms with E-state index in [1.165, 1.54) is 37.8 Å². The van der Waals surface area contributed by atoms with E-state index in [-0.39, 0.29) is 6.61 Å². The molecule has 1 heterocycles. The largest absolute Gasteiger partial charge is 0.484 e. The number of primary amides is 1. The fourth-order valence-corrected chi connectivity index (χ4v) is 3.68. The van der Waals surface area contributed by atoms with Gasteiger partial charge in [0, 0.05) is 25.7 Å². The van der Waals surface area contributed by atoms with Crippen LogP contribution in [0.4, 0.5) is 0 Å². The van der Waals surface area contributed by atoms with Gasteiger partial charge in [-0.05, 0) is 56.8 Å². The summed E-state index contributed by atoms with van der Waals surface area (Å²) in [7, 11) is 0. The van der Waals surface area contributed by atoms with Crippen molar-refractivity contribution < 1.29 is 9.53 Å². The highest BCUT2D eigenvalue weighted by atomic mass is 16.5. The van der Waals surface area contributed by atoms with Crippen LogP contribution in [0.25, 0.3) is 0 Å². The molecule has 1 amide bonds. The van der Waals surface area contributed by atoms with E-state index < -0.39 is 5.91 Å². The number of rotatable bonds is 11. The van der Waals surface area contributed by atoms with Crippen LogP contribution < -0.4 is 21.1 Å². The number of nitrogens with two attached hydrogens (primary N) is 1. The predicted octanol–water partition coefficient (Wildman–Crippen LogP) is 1.91. The van der Waals surface area contributed by atoms with Gasteiger partial charge < -0.3 is 21.1 Å². The molecule has 2 rings (SSSR count). The van der Waals surface area contributed by atoms with Crippen LogP contribution in [0.3, 0.4) is 0 Å². The first-order valence-electron chi connectivity index (χ1n) is 10.9. The highest BCUT2D eigenvalue weighted by Crippen LogP contribution is 2.18. The number of hydrogen-bond acceptors (Lipinski definition) is 4. The Labute approximate surface area is 175 Å². The molecule has 162 valence electrons. The molecule has 1 aromatic rings. The van der Waals surface area contributed by atoms with E-state index >= 15 is 0 Å². The molecule has 0 radical (unpaired) electrons. The first kappa shape index (κ1) is 23.0. The zero-order valence-electron chi connectivity index (χ0n) is 18.0. The predicted molar refractivity (Wildman–Crippen MR) is 118 cm³/mol. The van der Waals surface area contributed by atoms with Gasteiger partial charge in [-0.15, -0.1) is 0 Å². The van der Waals surface area contributed by atoms with Crippen LogP contribution in [0.15, 0.2) is 29.3 Å². The van der Waals surface area contributed by atoms with Crippen LogP contribution in [0, 0.1) is 0 Å². The molecular weight excluding hydrogens is 366 g/mol. The second-order valence-electron chi connectivity index (χ2n) is 7.43. The highest BCUT2D eigenvalue weighted by Gasteiger charge is 2.19. The fourth-order valence-electron chi connectivity index (χ4n) is 3.68. The van der Waals surface area contributed by atoms with Gasteiger partial charge in [-0.3, -0.25) is 14.7 Å². The van der Waals surface area contributed by atoms with E-state index in [4.69, 9.17) is 15.5 Å². The Morgan fingerprint density at radius 1 is 1.24 bits per heavy atom. The Hall–Kier alpha value is -2.28. The average Bonchev–Trinajstić information content (AvgIpc) is 2.73. The van der Waals surface area contributed by atoms with Gasteiger partial charge >= 0.3 is 0 Å². The van der Waals surface area contributed by atoms with Crippen molar-refractivity contribution in [2.45, 2.75) is 52.0 Å². The second-order valence-corrected chi connectivity index (χ2v) is 7.43. The number of amides is 1. The van der Waals surface area contributed by atoms with E-state index in [0.717, 1.165) is 44.6 Å². The van der Waals surface area contributed by atoms with Gasteiger partial charge in [-0.2, -0.15) is 0 Å². The second kappa shape index (κ2) is 13.0. The maximum Gasteiger partial charge on any atom is 0.255 e. The lowest BCUT2D eigenvalue weighted by Crippen LogP contribution is -2.42. The monoisotopic (exact) mass is 403 g/mol. The summed E-state index contributed by atoms with van der Waals surface area (Å²) in [5.41, 5.74) is 6.28. The molecule has 1 saturated heterocycles. The van der Waals surface area contributed by atoms with E-state index in [2.05, 4.69) is 29.4 Å². The van der Waals surface area contributed by atoms with Crippen molar-refractivity contribution in [2.24, 2.45) is 10.7 Å². The molecule has 1 aromatic carbocycles. The smallest absolute Gasteiger partial charge is 0.255 e. The summed E-state index contributed by atoms with van der Waals surface area (Å²) in [4.78, 5) is 18.1. The SMILES string of the molecule is CCNC(=NCCN1CCCCC1CC)NCCc1ccc(OCC(N)=O)cc1. The number of ether oxygens (including phenoxy) is 1. The van der Waals surface area contributed by atoms with E-state index in [1.807, 2.05) is 24.3 Å². The minimum absolute atomic E-state index is 0.0974. The summed E-state index contributed by atoms with van der Waals surface area (Å²) in [6.07, 6.45) is 6.11. The number of carbonyl (C=O) groups is 1. The molecule has 29 heavy (non-hydrogen) atoms. The van der Waals surface area contributed by atoms with Crippen molar-refractivity contribution >= 4 is 11.9 Å². The Morgan fingerprint density at radius 3 is 2.72 bits per heavy atom. The Morgan fingerprint density at radius 2 is 2.03 bits per heavy atom. The molecule has 1 unspecified atom stereocenters. The number of hydrogen-bond donors (Lipinski definition) is 3. The molecule has 1 atom stereocenters. The van der Waals surface area contributed by atoms with Gasteiger partial charge in [-0.25, -0.2) is 0 Å². The molecule has 1 aliphatic heterocycles. The molecule has 7 nitrogen and oxygen atoms in total. The van der Waals surface area contributed by atoms with Crippen molar-refractivity contribution in [1.29, 1.82) is 0 Å². The Balaban J connectivity index is 1.75. The van der Waals surface area contributed by atoms with Crippen LogP contribution in [-0.2, 0) is 11.2 Å². The molecule has 0 bridgehead atoms. The van der Waals surface area contributed by atoms with Crippen molar-refractivity contribution in [3.8, 4) is 5.75 Å². The summed E-state index contributed by atoms with van der Waals surface area (Å²) in [5.74, 6) is 1.05. The van der Waals surface area contributed by atoms with Crippen molar-refractivity contribution in [3.63, 3.8) is 0 Å². The molecule has 0 aromatic heterocycles. The quantitative estimate of drug-likeness (QED) is 0.388. The summed E-state index contributed by atoms with van der Waals surface area (Å²) in [5, 5.41) is 6.74. The van der Waals surface area contributed by atoms with Crippen LogP contribution in [0.2, 0.25) is 0 Å². The van der Waals surface area contributed by atoms with Gasteiger partial charge in [0.1, 0.15) is 5.75 Å². The summed E-state index contributed by atoms with van der Waals surface area (Å²) < 4.78 is 5.28. The maximum atomic E-state index is 10.8. The number of piperidine rings is 1. The zero-order valence-corrected chi connectivity index (χ0v) is 18.0. The molecule has 0 spiro atoms. The number of guanidine groups is 1.